The maximum Gasteiger partial charge on any atom is 0.179 e. The summed E-state index contributed by atoms with van der Waals surface area (Å²) in [5, 5.41) is 1.84. The first-order valence-electron chi connectivity index (χ1n) is 6.17. The zero-order chi connectivity index (χ0) is 12.7. The van der Waals surface area contributed by atoms with Gasteiger partial charge in [-0.3, -0.25) is 4.79 Å². The van der Waals surface area contributed by atoms with Gasteiger partial charge in [-0.2, -0.15) is 0 Å². The van der Waals surface area contributed by atoms with Crippen LogP contribution < -0.4 is 0 Å². The highest BCUT2D eigenvalue weighted by Crippen LogP contribution is 2.33. The lowest BCUT2D eigenvalue weighted by atomic mass is 9.94. The van der Waals surface area contributed by atoms with E-state index in [0.717, 1.165) is 40.0 Å². The number of carbonyl (C=O) groups is 1. The molecule has 18 heavy (non-hydrogen) atoms. The molecule has 2 aromatic rings. The highest BCUT2D eigenvalue weighted by atomic mass is 35.5. The topological polar surface area (TPSA) is 22.0 Å². The van der Waals surface area contributed by atoms with Crippen LogP contribution in [0.25, 0.3) is 10.9 Å². The van der Waals surface area contributed by atoms with Gasteiger partial charge in [0.05, 0.1) is 5.69 Å². The number of benzene rings is 1. The fourth-order valence-corrected chi connectivity index (χ4v) is 3.00. The Labute approximate surface area is 111 Å². The van der Waals surface area contributed by atoms with Gasteiger partial charge in [0, 0.05) is 28.9 Å². The molecule has 3 heteroatoms. The summed E-state index contributed by atoms with van der Waals surface area (Å²) in [6.45, 7) is 4.44. The van der Waals surface area contributed by atoms with Crippen LogP contribution in [0, 0.1) is 0 Å². The lowest BCUT2D eigenvalue weighted by molar-refractivity contribution is 0.0964. The van der Waals surface area contributed by atoms with Gasteiger partial charge in [0.1, 0.15) is 0 Å². The Morgan fingerprint density at radius 3 is 3.00 bits per heavy atom. The van der Waals surface area contributed by atoms with Gasteiger partial charge in [-0.1, -0.05) is 17.7 Å². The number of fused-ring (bicyclic) bond motifs is 3. The quantitative estimate of drug-likeness (QED) is 0.747. The summed E-state index contributed by atoms with van der Waals surface area (Å²) in [5.41, 5.74) is 3.10. The predicted octanol–water partition coefficient (Wildman–Crippen LogP) is 4.00. The normalized spacial score (nSPS) is 14.8. The summed E-state index contributed by atoms with van der Waals surface area (Å²) in [5.74, 6) is 0.241. The third-order valence-corrected chi connectivity index (χ3v) is 3.77. The van der Waals surface area contributed by atoms with Gasteiger partial charge < -0.3 is 4.57 Å². The molecule has 1 aliphatic rings. The number of carbonyl (C=O) groups excluding carboxylic acids is 1. The van der Waals surface area contributed by atoms with Crippen molar-refractivity contribution in [3.63, 3.8) is 0 Å². The fraction of sp³-hybridized carbons (Fsp3) is 0.267. The standard InChI is InChI=1S/C15H14ClNO/c1-2-8-17-13-7-6-10(16)9-12(13)11-4-3-5-14(18)15(11)17/h2,6-7,9H,1,3-5,8H2. The van der Waals surface area contributed by atoms with E-state index in [0.29, 0.717) is 13.0 Å². The third-order valence-electron chi connectivity index (χ3n) is 3.54. The van der Waals surface area contributed by atoms with Crippen molar-refractivity contribution in [2.45, 2.75) is 25.8 Å². The summed E-state index contributed by atoms with van der Waals surface area (Å²) in [7, 11) is 0. The molecule has 1 heterocycles. The van der Waals surface area contributed by atoms with Crippen LogP contribution in [0.15, 0.2) is 30.9 Å². The summed E-state index contributed by atoms with van der Waals surface area (Å²) in [4.78, 5) is 12.1. The van der Waals surface area contributed by atoms with Crippen molar-refractivity contribution in [1.29, 1.82) is 0 Å². The van der Waals surface area contributed by atoms with Gasteiger partial charge in [0.25, 0.3) is 0 Å². The zero-order valence-electron chi connectivity index (χ0n) is 10.1. The van der Waals surface area contributed by atoms with Crippen molar-refractivity contribution in [3.8, 4) is 0 Å². The van der Waals surface area contributed by atoms with Gasteiger partial charge in [-0.05, 0) is 36.6 Å². The maximum absolute atomic E-state index is 12.1. The van der Waals surface area contributed by atoms with Crippen molar-refractivity contribution in [3.05, 3.63) is 47.1 Å². The molecule has 1 aromatic heterocycles. The van der Waals surface area contributed by atoms with E-state index in [1.54, 1.807) is 0 Å². The second kappa shape index (κ2) is 4.29. The van der Waals surface area contributed by atoms with Crippen LogP contribution in [0.1, 0.15) is 28.9 Å². The Hall–Kier alpha value is -1.54. The minimum atomic E-state index is 0.241. The fourth-order valence-electron chi connectivity index (χ4n) is 2.83. The number of rotatable bonds is 2. The summed E-state index contributed by atoms with van der Waals surface area (Å²) >= 11 is 6.07. The first-order chi connectivity index (χ1) is 8.72. The Bertz CT molecular complexity index is 654. The molecule has 0 N–H and O–H groups in total. The Balaban J connectivity index is 2.39. The number of halogens is 1. The molecule has 1 aromatic carbocycles. The molecule has 0 aliphatic heterocycles. The van der Waals surface area contributed by atoms with Crippen LogP contribution in [0.2, 0.25) is 5.02 Å². The monoisotopic (exact) mass is 259 g/mol. The van der Waals surface area contributed by atoms with Crippen molar-refractivity contribution in [2.75, 3.05) is 0 Å². The molecule has 0 radical (unpaired) electrons. The van der Waals surface area contributed by atoms with E-state index >= 15 is 0 Å². The van der Waals surface area contributed by atoms with Crippen LogP contribution in [0.3, 0.4) is 0 Å². The molecular weight excluding hydrogens is 246 g/mol. The molecular formula is C15H14ClNO. The van der Waals surface area contributed by atoms with Crippen LogP contribution in [0.4, 0.5) is 0 Å². The zero-order valence-corrected chi connectivity index (χ0v) is 10.8. The van der Waals surface area contributed by atoms with Gasteiger partial charge in [0.2, 0.25) is 0 Å². The highest BCUT2D eigenvalue weighted by molar-refractivity contribution is 6.31. The molecule has 0 fully saturated rings. The minimum Gasteiger partial charge on any atom is -0.334 e. The molecule has 0 amide bonds. The van der Waals surface area contributed by atoms with Crippen LogP contribution in [-0.4, -0.2) is 10.4 Å². The van der Waals surface area contributed by atoms with E-state index in [4.69, 9.17) is 11.6 Å². The number of aromatic nitrogens is 1. The minimum absolute atomic E-state index is 0.241. The van der Waals surface area contributed by atoms with E-state index in [1.807, 2.05) is 24.3 Å². The van der Waals surface area contributed by atoms with Crippen molar-refractivity contribution >= 4 is 28.3 Å². The number of ketones is 1. The smallest absolute Gasteiger partial charge is 0.179 e. The summed E-state index contributed by atoms with van der Waals surface area (Å²) in [6.07, 6.45) is 4.37. The molecule has 0 saturated carbocycles. The van der Waals surface area contributed by atoms with E-state index < -0.39 is 0 Å². The Morgan fingerprint density at radius 1 is 1.39 bits per heavy atom. The number of nitrogens with zero attached hydrogens (tertiary/aromatic N) is 1. The molecule has 0 spiro atoms. The summed E-state index contributed by atoms with van der Waals surface area (Å²) < 4.78 is 2.06. The average Bonchev–Trinajstić information content (AvgIpc) is 2.66. The van der Waals surface area contributed by atoms with Crippen molar-refractivity contribution in [2.24, 2.45) is 0 Å². The lowest BCUT2D eigenvalue weighted by Gasteiger charge is -2.13. The molecule has 0 bridgehead atoms. The van der Waals surface area contributed by atoms with Crippen LogP contribution >= 0.6 is 11.6 Å². The predicted molar refractivity (Wildman–Crippen MR) is 74.4 cm³/mol. The third kappa shape index (κ3) is 1.60. The average molecular weight is 260 g/mol. The van der Waals surface area contributed by atoms with Crippen LogP contribution in [-0.2, 0) is 13.0 Å². The molecule has 0 saturated heterocycles. The van der Waals surface area contributed by atoms with E-state index in [-0.39, 0.29) is 5.78 Å². The molecule has 2 nitrogen and oxygen atoms in total. The van der Waals surface area contributed by atoms with Gasteiger partial charge in [0.15, 0.2) is 5.78 Å². The van der Waals surface area contributed by atoms with Crippen LogP contribution in [0.5, 0.6) is 0 Å². The van der Waals surface area contributed by atoms with E-state index in [9.17, 15) is 4.79 Å². The second-order valence-electron chi connectivity index (χ2n) is 4.66. The molecule has 1 aliphatic carbocycles. The molecule has 0 atom stereocenters. The first-order valence-corrected chi connectivity index (χ1v) is 6.55. The van der Waals surface area contributed by atoms with E-state index in [1.165, 1.54) is 0 Å². The lowest BCUT2D eigenvalue weighted by Crippen LogP contribution is -2.14. The molecule has 3 rings (SSSR count). The SMILES string of the molecule is C=CCn1c2c(c3cc(Cl)ccc31)CCCC2=O. The maximum atomic E-state index is 12.1. The second-order valence-corrected chi connectivity index (χ2v) is 5.10. The number of aryl methyl sites for hydroxylation is 1. The van der Waals surface area contributed by atoms with E-state index in [2.05, 4.69) is 11.1 Å². The van der Waals surface area contributed by atoms with Gasteiger partial charge >= 0.3 is 0 Å². The number of allylic oxidation sites excluding steroid dienone is 1. The molecule has 0 unspecified atom stereocenters. The summed E-state index contributed by atoms with van der Waals surface area (Å²) in [6, 6.07) is 5.83. The number of hydrogen-bond acceptors (Lipinski definition) is 1. The number of hydrogen-bond donors (Lipinski definition) is 0. The number of Topliss-reactive ketones (excluding diaryl/α,β-unsaturated/α-hetero) is 1. The first kappa shape index (κ1) is 11.5. The Kier molecular flexibility index (Phi) is 2.75. The largest absolute Gasteiger partial charge is 0.334 e. The van der Waals surface area contributed by atoms with Gasteiger partial charge in [-0.15, -0.1) is 6.58 Å². The van der Waals surface area contributed by atoms with Crippen molar-refractivity contribution in [1.82, 2.24) is 4.57 Å². The van der Waals surface area contributed by atoms with Gasteiger partial charge in [-0.25, -0.2) is 0 Å². The highest BCUT2D eigenvalue weighted by Gasteiger charge is 2.25. The molecule has 92 valence electrons. The Morgan fingerprint density at radius 2 is 2.22 bits per heavy atom. The van der Waals surface area contributed by atoms with Crippen molar-refractivity contribution < 1.29 is 4.79 Å².